The molecule has 0 spiro atoms. The Morgan fingerprint density at radius 2 is 2.00 bits per heavy atom. The van der Waals surface area contributed by atoms with E-state index in [1.54, 1.807) is 0 Å². The van der Waals surface area contributed by atoms with Crippen LogP contribution in [0, 0.1) is 5.41 Å². The smallest absolute Gasteiger partial charge is 0.128 e. The van der Waals surface area contributed by atoms with E-state index in [2.05, 4.69) is 40.8 Å². The van der Waals surface area contributed by atoms with E-state index in [4.69, 9.17) is 5.73 Å². The predicted molar refractivity (Wildman–Crippen MR) is 85.0 cm³/mol. The van der Waals surface area contributed by atoms with Gasteiger partial charge in [0.15, 0.2) is 0 Å². The molecule has 0 aromatic carbocycles. The molecule has 2 N–H and O–H groups in total. The molecule has 1 aromatic rings. The van der Waals surface area contributed by atoms with Crippen molar-refractivity contribution in [1.29, 1.82) is 0 Å². The van der Waals surface area contributed by atoms with Crippen molar-refractivity contribution in [3.8, 4) is 0 Å². The summed E-state index contributed by atoms with van der Waals surface area (Å²) in [5, 5.41) is 0. The van der Waals surface area contributed by atoms with Crippen LogP contribution in [0.5, 0.6) is 0 Å². The topological polar surface area (TPSA) is 45.4 Å². The van der Waals surface area contributed by atoms with Crippen molar-refractivity contribution in [1.82, 2.24) is 9.88 Å². The molecule has 0 amide bonds. The van der Waals surface area contributed by atoms with Crippen molar-refractivity contribution >= 4 is 5.82 Å². The number of hydrogen-bond donors (Lipinski definition) is 1. The zero-order valence-corrected chi connectivity index (χ0v) is 12.9. The Hall–Kier alpha value is -1.13. The summed E-state index contributed by atoms with van der Waals surface area (Å²) >= 11 is 0. The number of nitrogens with two attached hydrogens (primary N) is 1. The van der Waals surface area contributed by atoms with Gasteiger partial charge in [-0.05, 0) is 30.5 Å². The van der Waals surface area contributed by atoms with Crippen LogP contribution in [0.1, 0.15) is 26.7 Å². The minimum atomic E-state index is 0.266. The molecular formula is C16H28N4. The van der Waals surface area contributed by atoms with Gasteiger partial charge in [-0.3, -0.25) is 4.90 Å². The van der Waals surface area contributed by atoms with E-state index in [0.29, 0.717) is 0 Å². The van der Waals surface area contributed by atoms with E-state index in [-0.39, 0.29) is 5.41 Å². The van der Waals surface area contributed by atoms with Crippen LogP contribution in [0.3, 0.4) is 0 Å². The van der Waals surface area contributed by atoms with Gasteiger partial charge in [-0.25, -0.2) is 4.98 Å². The molecule has 0 aliphatic carbocycles. The second-order valence-electron chi connectivity index (χ2n) is 6.22. The summed E-state index contributed by atoms with van der Waals surface area (Å²) in [6, 6.07) is 6.12. The number of hydrogen-bond acceptors (Lipinski definition) is 4. The zero-order valence-electron chi connectivity index (χ0n) is 12.9. The highest BCUT2D eigenvalue weighted by Crippen LogP contribution is 2.24. The maximum Gasteiger partial charge on any atom is 0.128 e. The van der Waals surface area contributed by atoms with Crippen molar-refractivity contribution in [2.75, 3.05) is 44.2 Å². The first-order valence-corrected chi connectivity index (χ1v) is 7.75. The van der Waals surface area contributed by atoms with Gasteiger partial charge in [0.25, 0.3) is 0 Å². The first kappa shape index (κ1) is 15.3. The van der Waals surface area contributed by atoms with Crippen molar-refractivity contribution in [2.45, 2.75) is 26.7 Å². The van der Waals surface area contributed by atoms with Crippen LogP contribution in [0.2, 0.25) is 0 Å². The van der Waals surface area contributed by atoms with Crippen LogP contribution in [0.15, 0.2) is 24.4 Å². The van der Waals surface area contributed by atoms with E-state index >= 15 is 0 Å². The Labute approximate surface area is 123 Å². The molecule has 4 nitrogen and oxygen atoms in total. The summed E-state index contributed by atoms with van der Waals surface area (Å²) in [6.45, 7) is 10.8. The Kier molecular flexibility index (Phi) is 5.38. The van der Waals surface area contributed by atoms with Gasteiger partial charge >= 0.3 is 0 Å². The summed E-state index contributed by atoms with van der Waals surface area (Å²) in [4.78, 5) is 9.36. The third-order valence-electron chi connectivity index (χ3n) is 4.30. The molecule has 2 rings (SSSR count). The Morgan fingerprint density at radius 1 is 1.25 bits per heavy atom. The minimum absolute atomic E-state index is 0.266. The van der Waals surface area contributed by atoms with Gasteiger partial charge in [0.1, 0.15) is 5.82 Å². The standard InChI is InChI=1S/C16H28N4/c1-3-7-16(2,13-17)14-19-9-11-20(12-10-19)15-6-4-5-8-18-15/h4-6,8H,3,7,9-14,17H2,1-2H3. The quantitative estimate of drug-likeness (QED) is 0.863. The largest absolute Gasteiger partial charge is 0.354 e. The molecule has 0 bridgehead atoms. The predicted octanol–water partition coefficient (Wildman–Crippen LogP) is 1.97. The second-order valence-corrected chi connectivity index (χ2v) is 6.22. The molecule has 1 aromatic heterocycles. The first-order chi connectivity index (χ1) is 9.67. The molecule has 1 aliphatic heterocycles. The zero-order chi connectivity index (χ0) is 14.4. The molecule has 0 saturated carbocycles. The fourth-order valence-corrected chi connectivity index (χ4v) is 3.06. The number of anilines is 1. The van der Waals surface area contributed by atoms with E-state index < -0.39 is 0 Å². The Morgan fingerprint density at radius 3 is 2.55 bits per heavy atom. The molecule has 1 aliphatic rings. The third kappa shape index (κ3) is 3.93. The fourth-order valence-electron chi connectivity index (χ4n) is 3.06. The lowest BCUT2D eigenvalue weighted by atomic mass is 9.85. The van der Waals surface area contributed by atoms with E-state index in [0.717, 1.165) is 45.1 Å². The third-order valence-corrected chi connectivity index (χ3v) is 4.30. The SMILES string of the molecule is CCCC(C)(CN)CN1CCN(c2ccccn2)CC1. The van der Waals surface area contributed by atoms with Crippen LogP contribution < -0.4 is 10.6 Å². The minimum Gasteiger partial charge on any atom is -0.354 e. The van der Waals surface area contributed by atoms with Gasteiger partial charge < -0.3 is 10.6 Å². The molecule has 0 radical (unpaired) electrons. The number of piperazine rings is 1. The van der Waals surface area contributed by atoms with Crippen molar-refractivity contribution in [2.24, 2.45) is 11.1 Å². The summed E-state index contributed by atoms with van der Waals surface area (Å²) in [6.07, 6.45) is 4.29. The highest BCUT2D eigenvalue weighted by molar-refractivity contribution is 5.38. The van der Waals surface area contributed by atoms with Gasteiger partial charge in [-0.15, -0.1) is 0 Å². The normalized spacial score (nSPS) is 19.9. The molecular weight excluding hydrogens is 248 g/mol. The van der Waals surface area contributed by atoms with Gasteiger partial charge in [-0.2, -0.15) is 0 Å². The first-order valence-electron chi connectivity index (χ1n) is 7.75. The average Bonchev–Trinajstić information content (AvgIpc) is 2.49. The van der Waals surface area contributed by atoms with Gasteiger partial charge in [0.2, 0.25) is 0 Å². The molecule has 1 fully saturated rings. The molecule has 4 heteroatoms. The van der Waals surface area contributed by atoms with Crippen LogP contribution in [-0.2, 0) is 0 Å². The van der Waals surface area contributed by atoms with E-state index in [1.807, 2.05) is 12.3 Å². The van der Waals surface area contributed by atoms with Crippen LogP contribution in [0.4, 0.5) is 5.82 Å². The van der Waals surface area contributed by atoms with Crippen molar-refractivity contribution in [3.63, 3.8) is 0 Å². The summed E-state index contributed by atoms with van der Waals surface area (Å²) in [5.74, 6) is 1.10. The fraction of sp³-hybridized carbons (Fsp3) is 0.688. The lowest BCUT2D eigenvalue weighted by molar-refractivity contribution is 0.151. The molecule has 20 heavy (non-hydrogen) atoms. The molecule has 1 saturated heterocycles. The van der Waals surface area contributed by atoms with E-state index in [9.17, 15) is 0 Å². The molecule has 112 valence electrons. The number of pyridine rings is 1. The Balaban J connectivity index is 1.85. The van der Waals surface area contributed by atoms with Gasteiger partial charge in [-0.1, -0.05) is 26.3 Å². The van der Waals surface area contributed by atoms with Crippen LogP contribution in [0.25, 0.3) is 0 Å². The van der Waals surface area contributed by atoms with Crippen LogP contribution in [-0.4, -0.2) is 49.2 Å². The van der Waals surface area contributed by atoms with Crippen LogP contribution >= 0.6 is 0 Å². The number of nitrogens with zero attached hydrogens (tertiary/aromatic N) is 3. The van der Waals surface area contributed by atoms with Crippen molar-refractivity contribution in [3.05, 3.63) is 24.4 Å². The highest BCUT2D eigenvalue weighted by atomic mass is 15.3. The lowest BCUT2D eigenvalue weighted by Gasteiger charge is -2.40. The number of aromatic nitrogens is 1. The summed E-state index contributed by atoms with van der Waals surface area (Å²) in [7, 11) is 0. The van der Waals surface area contributed by atoms with Crippen molar-refractivity contribution < 1.29 is 0 Å². The summed E-state index contributed by atoms with van der Waals surface area (Å²) < 4.78 is 0. The highest BCUT2D eigenvalue weighted by Gasteiger charge is 2.27. The summed E-state index contributed by atoms with van der Waals surface area (Å²) in [5.41, 5.74) is 6.25. The second kappa shape index (κ2) is 7.04. The molecule has 2 heterocycles. The maximum absolute atomic E-state index is 5.98. The monoisotopic (exact) mass is 276 g/mol. The van der Waals surface area contributed by atoms with Gasteiger partial charge in [0, 0.05) is 38.9 Å². The lowest BCUT2D eigenvalue weighted by Crippen LogP contribution is -2.51. The molecule has 1 unspecified atom stereocenters. The molecule has 1 atom stereocenters. The Bertz CT molecular complexity index is 387. The average molecular weight is 276 g/mol. The maximum atomic E-state index is 5.98. The number of rotatable bonds is 6. The van der Waals surface area contributed by atoms with E-state index in [1.165, 1.54) is 12.8 Å². The van der Waals surface area contributed by atoms with Gasteiger partial charge in [0.05, 0.1) is 0 Å².